The molecule has 1 aliphatic heterocycles. The fourth-order valence-corrected chi connectivity index (χ4v) is 6.76. The van der Waals surface area contributed by atoms with Crippen molar-refractivity contribution >= 4 is 54.1 Å². The maximum absolute atomic E-state index is 13.0. The number of phenols is 1. The molecule has 1 amide bonds. The van der Waals surface area contributed by atoms with Gasteiger partial charge in [-0.1, -0.05) is 43.1 Å². The van der Waals surface area contributed by atoms with Crippen LogP contribution in [0.2, 0.25) is 0 Å². The highest BCUT2D eigenvalue weighted by Crippen LogP contribution is 2.47. The van der Waals surface area contributed by atoms with Gasteiger partial charge in [-0.15, -0.1) is 11.3 Å². The van der Waals surface area contributed by atoms with E-state index in [0.717, 1.165) is 39.9 Å². The van der Waals surface area contributed by atoms with Crippen LogP contribution in [0.3, 0.4) is 0 Å². The van der Waals surface area contributed by atoms with Crippen molar-refractivity contribution in [1.29, 1.82) is 0 Å². The van der Waals surface area contributed by atoms with Crippen LogP contribution in [0.1, 0.15) is 66.1 Å². The highest BCUT2D eigenvalue weighted by atomic mass is 79.9. The molecule has 0 saturated carbocycles. The summed E-state index contributed by atoms with van der Waals surface area (Å²) in [5, 5.41) is 17.6. The number of carbonyl (C=O) groups is 1. The van der Waals surface area contributed by atoms with Gasteiger partial charge in [-0.2, -0.15) is 0 Å². The fourth-order valence-electron chi connectivity index (χ4n) is 4.18. The first-order chi connectivity index (χ1) is 13.2. The molecule has 28 heavy (non-hydrogen) atoms. The van der Waals surface area contributed by atoms with Crippen LogP contribution in [0.25, 0.3) is 0 Å². The van der Waals surface area contributed by atoms with E-state index in [2.05, 4.69) is 63.3 Å². The summed E-state index contributed by atoms with van der Waals surface area (Å²) in [4.78, 5) is 14.3. The Labute approximate surface area is 186 Å². The van der Waals surface area contributed by atoms with Gasteiger partial charge in [0, 0.05) is 14.9 Å². The van der Waals surface area contributed by atoms with Gasteiger partial charge >= 0.3 is 0 Å². The maximum Gasteiger partial charge on any atom is 0.256 e. The number of rotatable bonds is 3. The van der Waals surface area contributed by atoms with Crippen molar-refractivity contribution in [2.75, 3.05) is 5.32 Å². The molecule has 7 heteroatoms. The van der Waals surface area contributed by atoms with Gasteiger partial charge in [-0.05, 0) is 64.2 Å². The lowest BCUT2D eigenvalue weighted by atomic mass is 9.69. The average molecular weight is 528 g/mol. The third-order valence-electron chi connectivity index (χ3n) is 6.44. The molecule has 4 rings (SSSR count). The van der Waals surface area contributed by atoms with Crippen molar-refractivity contribution in [2.24, 2.45) is 11.3 Å². The van der Waals surface area contributed by atoms with Crippen molar-refractivity contribution in [1.82, 2.24) is 5.32 Å². The SMILES string of the molecule is CCC(C)(C)[C@@H]1CCc2c(sc3c2C(=O)N[C@H](c2cc(O)c(Br)cc2Br)N3)C1. The van der Waals surface area contributed by atoms with Crippen molar-refractivity contribution in [2.45, 2.75) is 52.6 Å². The Kier molecular flexibility index (Phi) is 5.30. The summed E-state index contributed by atoms with van der Waals surface area (Å²) >= 11 is 8.59. The molecule has 1 aliphatic carbocycles. The fraction of sp³-hybridized carbons (Fsp3) is 0.476. The number of anilines is 1. The summed E-state index contributed by atoms with van der Waals surface area (Å²) in [7, 11) is 0. The van der Waals surface area contributed by atoms with E-state index < -0.39 is 0 Å². The predicted molar refractivity (Wildman–Crippen MR) is 121 cm³/mol. The second-order valence-corrected chi connectivity index (χ2v) is 11.2. The summed E-state index contributed by atoms with van der Waals surface area (Å²) in [5.74, 6) is 0.774. The van der Waals surface area contributed by atoms with E-state index in [1.54, 1.807) is 23.5 Å². The smallest absolute Gasteiger partial charge is 0.256 e. The van der Waals surface area contributed by atoms with Gasteiger partial charge in [-0.3, -0.25) is 4.79 Å². The highest BCUT2D eigenvalue weighted by Gasteiger charge is 2.37. The van der Waals surface area contributed by atoms with Crippen LogP contribution >= 0.6 is 43.2 Å². The van der Waals surface area contributed by atoms with E-state index >= 15 is 0 Å². The molecule has 0 radical (unpaired) electrons. The van der Waals surface area contributed by atoms with Gasteiger partial charge in [0.15, 0.2) is 0 Å². The number of thiophene rings is 1. The Morgan fingerprint density at radius 3 is 2.71 bits per heavy atom. The Morgan fingerprint density at radius 1 is 1.25 bits per heavy atom. The number of amides is 1. The van der Waals surface area contributed by atoms with Crippen molar-refractivity contribution in [3.8, 4) is 5.75 Å². The summed E-state index contributed by atoms with van der Waals surface area (Å²) in [6.45, 7) is 6.98. The first kappa shape index (κ1) is 20.2. The molecule has 0 bridgehead atoms. The van der Waals surface area contributed by atoms with Crippen molar-refractivity contribution < 1.29 is 9.90 Å². The van der Waals surface area contributed by atoms with Crippen LogP contribution in [0.15, 0.2) is 21.1 Å². The number of halogens is 2. The van der Waals surface area contributed by atoms with Crippen molar-refractivity contribution in [3.05, 3.63) is 42.6 Å². The molecular formula is C21H24Br2N2O2S. The Bertz CT molecular complexity index is 954. The second-order valence-electron chi connectivity index (χ2n) is 8.37. The zero-order chi connectivity index (χ0) is 20.2. The Hall–Kier alpha value is -1.05. The summed E-state index contributed by atoms with van der Waals surface area (Å²) < 4.78 is 1.44. The Morgan fingerprint density at radius 2 is 2.00 bits per heavy atom. The molecule has 1 aromatic carbocycles. The average Bonchev–Trinajstić information content (AvgIpc) is 3.02. The summed E-state index contributed by atoms with van der Waals surface area (Å²) in [5.41, 5.74) is 3.17. The monoisotopic (exact) mass is 526 g/mol. The lowest BCUT2D eigenvalue weighted by Crippen LogP contribution is -2.38. The number of hydrogen-bond donors (Lipinski definition) is 3. The van der Waals surface area contributed by atoms with Crippen LogP contribution in [-0.2, 0) is 12.8 Å². The predicted octanol–water partition coefficient (Wildman–Crippen LogP) is 6.37. The molecule has 1 aromatic heterocycles. The second kappa shape index (κ2) is 7.33. The summed E-state index contributed by atoms with van der Waals surface area (Å²) in [6.07, 6.45) is 3.95. The summed E-state index contributed by atoms with van der Waals surface area (Å²) in [6, 6.07) is 3.47. The van der Waals surface area contributed by atoms with Gasteiger partial charge in [0.25, 0.3) is 5.91 Å². The molecule has 2 heterocycles. The zero-order valence-corrected chi connectivity index (χ0v) is 20.1. The number of fused-ring (bicyclic) bond motifs is 3. The largest absolute Gasteiger partial charge is 0.507 e. The van der Waals surface area contributed by atoms with Crippen LogP contribution in [0.4, 0.5) is 5.00 Å². The van der Waals surface area contributed by atoms with Crippen LogP contribution in [0, 0.1) is 11.3 Å². The van der Waals surface area contributed by atoms with E-state index in [0.29, 0.717) is 15.8 Å². The molecule has 0 fully saturated rings. The molecule has 0 unspecified atom stereocenters. The van der Waals surface area contributed by atoms with Gasteiger partial charge in [0.1, 0.15) is 16.9 Å². The standard InChI is InChI=1S/C21H24Br2N2O2S/c1-4-21(2,3)10-5-6-11-16(7-10)28-20-17(11)19(27)24-18(25-20)12-8-15(26)14(23)9-13(12)22/h8-10,18,25-26H,4-7H2,1-3H3,(H,24,27)/t10-,18+/m1/s1. The lowest BCUT2D eigenvalue weighted by molar-refractivity contribution is 0.0934. The quantitative estimate of drug-likeness (QED) is 0.434. The van der Waals surface area contributed by atoms with Gasteiger partial charge < -0.3 is 15.7 Å². The number of hydrogen-bond acceptors (Lipinski definition) is 4. The topological polar surface area (TPSA) is 61.4 Å². The number of benzene rings is 1. The minimum absolute atomic E-state index is 0.0289. The highest BCUT2D eigenvalue weighted by molar-refractivity contribution is 9.11. The number of phenolic OH excluding ortho intramolecular Hbond substituents is 1. The van der Waals surface area contributed by atoms with Crippen molar-refractivity contribution in [3.63, 3.8) is 0 Å². The number of carbonyl (C=O) groups excluding carboxylic acids is 1. The van der Waals surface area contributed by atoms with Gasteiger partial charge in [0.05, 0.1) is 10.0 Å². The third kappa shape index (κ3) is 3.39. The maximum atomic E-state index is 13.0. The van der Waals surface area contributed by atoms with Crippen LogP contribution < -0.4 is 10.6 Å². The first-order valence-corrected chi connectivity index (χ1v) is 12.0. The minimum atomic E-state index is -0.378. The van der Waals surface area contributed by atoms with Crippen LogP contribution in [0.5, 0.6) is 5.75 Å². The van der Waals surface area contributed by atoms with Crippen LogP contribution in [-0.4, -0.2) is 11.0 Å². The van der Waals surface area contributed by atoms with E-state index in [9.17, 15) is 9.90 Å². The lowest BCUT2D eigenvalue weighted by Gasteiger charge is -2.36. The first-order valence-electron chi connectivity index (χ1n) is 9.61. The molecule has 2 aliphatic rings. The molecule has 2 aromatic rings. The Balaban J connectivity index is 1.66. The zero-order valence-electron chi connectivity index (χ0n) is 16.2. The normalized spacial score (nSPS) is 21.5. The number of aromatic hydroxyl groups is 1. The molecule has 4 nitrogen and oxygen atoms in total. The van der Waals surface area contributed by atoms with E-state index in [1.165, 1.54) is 16.9 Å². The molecular weight excluding hydrogens is 504 g/mol. The van der Waals surface area contributed by atoms with Gasteiger partial charge in [-0.25, -0.2) is 0 Å². The molecule has 0 saturated heterocycles. The molecule has 0 spiro atoms. The van der Waals surface area contributed by atoms with E-state index in [-0.39, 0.29) is 17.8 Å². The molecule has 3 N–H and O–H groups in total. The van der Waals surface area contributed by atoms with Gasteiger partial charge in [0.2, 0.25) is 0 Å². The molecule has 150 valence electrons. The molecule has 2 atom stereocenters. The third-order valence-corrected chi connectivity index (χ3v) is 8.94. The minimum Gasteiger partial charge on any atom is -0.507 e. The van der Waals surface area contributed by atoms with E-state index in [1.807, 2.05) is 0 Å². The number of nitrogens with one attached hydrogen (secondary N) is 2. The van der Waals surface area contributed by atoms with E-state index in [4.69, 9.17) is 0 Å².